The Morgan fingerprint density at radius 3 is 2.25 bits per heavy atom. The van der Waals surface area contributed by atoms with Crippen LogP contribution in [0.5, 0.6) is 0 Å². The number of nitrogens with one attached hydrogen (secondary N) is 1. The number of allylic oxidation sites excluding steroid dienone is 5. The van der Waals surface area contributed by atoms with Crippen molar-refractivity contribution >= 4 is 11.8 Å². The summed E-state index contributed by atoms with van der Waals surface area (Å²) in [4.78, 5) is 0. The fraction of sp³-hybridized carbons (Fsp3) is 0.200. The number of anilines is 1. The van der Waals surface area contributed by atoms with E-state index in [2.05, 4.69) is 53.9 Å². The van der Waals surface area contributed by atoms with Gasteiger partial charge in [0.2, 0.25) is 0 Å². The average molecular weight is 213 g/mol. The quantitative estimate of drug-likeness (QED) is 0.737. The lowest BCUT2D eigenvalue weighted by molar-refractivity contribution is 1.50. The largest absolute Gasteiger partial charge is 0.388 e. The van der Waals surface area contributed by atoms with Gasteiger partial charge in [0.25, 0.3) is 0 Å². The van der Waals surface area contributed by atoms with Crippen LogP contribution in [0.3, 0.4) is 0 Å². The van der Waals surface area contributed by atoms with Crippen molar-refractivity contribution in [3.8, 4) is 0 Å². The van der Waals surface area contributed by atoms with Gasteiger partial charge in [-0.05, 0) is 37.1 Å². The highest BCUT2D eigenvalue weighted by Gasteiger charge is 1.89. The lowest BCUT2D eigenvalue weighted by Crippen LogP contribution is -1.86. The highest BCUT2D eigenvalue weighted by molar-refractivity contribution is 5.57. The fourth-order valence-corrected chi connectivity index (χ4v) is 1.39. The molecular formula is C15H19N. The summed E-state index contributed by atoms with van der Waals surface area (Å²) < 4.78 is 0. The maximum Gasteiger partial charge on any atom is 0.0337 e. The molecule has 0 heterocycles. The number of rotatable bonds is 4. The van der Waals surface area contributed by atoms with Crippen molar-refractivity contribution in [2.75, 3.05) is 12.4 Å². The van der Waals surface area contributed by atoms with E-state index >= 15 is 0 Å². The van der Waals surface area contributed by atoms with Crippen LogP contribution in [0.1, 0.15) is 19.4 Å². The summed E-state index contributed by atoms with van der Waals surface area (Å²) in [6.45, 7) is 4.07. The fourth-order valence-electron chi connectivity index (χ4n) is 1.39. The molecule has 0 saturated carbocycles. The van der Waals surface area contributed by atoms with Crippen LogP contribution in [0.4, 0.5) is 5.69 Å². The first kappa shape index (κ1) is 12.3. The van der Waals surface area contributed by atoms with E-state index in [-0.39, 0.29) is 0 Å². The van der Waals surface area contributed by atoms with Gasteiger partial charge in [-0.25, -0.2) is 0 Å². The molecule has 0 aliphatic rings. The summed E-state index contributed by atoms with van der Waals surface area (Å²) in [5.74, 6) is 0. The molecule has 0 aliphatic heterocycles. The van der Waals surface area contributed by atoms with E-state index in [0.29, 0.717) is 0 Å². The minimum atomic E-state index is 1.14. The molecular weight excluding hydrogens is 194 g/mol. The van der Waals surface area contributed by atoms with E-state index in [4.69, 9.17) is 0 Å². The monoisotopic (exact) mass is 213 g/mol. The first-order valence-electron chi connectivity index (χ1n) is 5.55. The van der Waals surface area contributed by atoms with Crippen LogP contribution in [0.25, 0.3) is 6.08 Å². The summed E-state index contributed by atoms with van der Waals surface area (Å²) in [6, 6.07) is 8.35. The number of benzene rings is 1. The van der Waals surface area contributed by atoms with Gasteiger partial charge in [-0.2, -0.15) is 0 Å². The van der Waals surface area contributed by atoms with E-state index in [9.17, 15) is 0 Å². The predicted octanol–water partition coefficient (Wildman–Crippen LogP) is 4.26. The normalized spacial score (nSPS) is 12.6. The van der Waals surface area contributed by atoms with Gasteiger partial charge in [-0.15, -0.1) is 0 Å². The maximum atomic E-state index is 3.10. The average Bonchev–Trinajstić information content (AvgIpc) is 2.35. The Kier molecular flexibility index (Phi) is 5.13. The van der Waals surface area contributed by atoms with Crippen molar-refractivity contribution in [3.63, 3.8) is 0 Å². The Labute approximate surface area is 98.2 Å². The van der Waals surface area contributed by atoms with Gasteiger partial charge in [0.15, 0.2) is 0 Å². The molecule has 1 N–H and O–H groups in total. The second-order valence-corrected chi connectivity index (χ2v) is 3.49. The van der Waals surface area contributed by atoms with Crippen molar-refractivity contribution in [3.05, 3.63) is 59.7 Å². The van der Waals surface area contributed by atoms with E-state index < -0.39 is 0 Å². The molecule has 1 heteroatoms. The zero-order valence-corrected chi connectivity index (χ0v) is 10.2. The van der Waals surface area contributed by atoms with Crippen molar-refractivity contribution < 1.29 is 0 Å². The lowest BCUT2D eigenvalue weighted by Gasteiger charge is -1.99. The molecule has 0 atom stereocenters. The Morgan fingerprint density at radius 2 is 1.75 bits per heavy atom. The Balaban J connectivity index is 2.75. The van der Waals surface area contributed by atoms with Crippen LogP contribution in [0.15, 0.2) is 54.1 Å². The maximum absolute atomic E-state index is 3.10. The summed E-state index contributed by atoms with van der Waals surface area (Å²) in [5, 5.41) is 3.10. The van der Waals surface area contributed by atoms with Crippen LogP contribution in [-0.4, -0.2) is 7.05 Å². The summed E-state index contributed by atoms with van der Waals surface area (Å²) in [6.07, 6.45) is 10.5. The summed E-state index contributed by atoms with van der Waals surface area (Å²) >= 11 is 0. The van der Waals surface area contributed by atoms with Crippen molar-refractivity contribution in [2.45, 2.75) is 13.8 Å². The van der Waals surface area contributed by atoms with Gasteiger partial charge in [0.05, 0.1) is 0 Å². The topological polar surface area (TPSA) is 12.0 Å². The van der Waals surface area contributed by atoms with Crippen molar-refractivity contribution in [1.29, 1.82) is 0 Å². The van der Waals surface area contributed by atoms with Crippen LogP contribution in [0, 0.1) is 0 Å². The molecule has 1 nitrogen and oxygen atoms in total. The molecule has 0 aliphatic carbocycles. The zero-order valence-electron chi connectivity index (χ0n) is 10.2. The van der Waals surface area contributed by atoms with Gasteiger partial charge in [-0.1, -0.05) is 42.5 Å². The SMILES string of the molecule is C\C=C/C(/C=C/c1ccc(NC)cc1)=C\C. The van der Waals surface area contributed by atoms with Crippen molar-refractivity contribution in [2.24, 2.45) is 0 Å². The van der Waals surface area contributed by atoms with Crippen LogP contribution in [0.2, 0.25) is 0 Å². The van der Waals surface area contributed by atoms with Gasteiger partial charge in [0, 0.05) is 12.7 Å². The molecule has 0 spiro atoms. The molecule has 1 rings (SSSR count). The van der Waals surface area contributed by atoms with Gasteiger partial charge >= 0.3 is 0 Å². The minimum absolute atomic E-state index is 1.14. The van der Waals surface area contributed by atoms with E-state index in [1.54, 1.807) is 0 Å². The third-order valence-electron chi connectivity index (χ3n) is 2.36. The summed E-state index contributed by atoms with van der Waals surface area (Å²) in [5.41, 5.74) is 3.57. The highest BCUT2D eigenvalue weighted by Crippen LogP contribution is 2.11. The third kappa shape index (κ3) is 3.77. The molecule has 0 unspecified atom stereocenters. The summed E-state index contributed by atoms with van der Waals surface area (Å²) in [7, 11) is 1.93. The van der Waals surface area contributed by atoms with E-state index in [1.807, 2.05) is 27.0 Å². The van der Waals surface area contributed by atoms with Crippen LogP contribution >= 0.6 is 0 Å². The molecule has 0 bridgehead atoms. The Morgan fingerprint density at radius 1 is 1.06 bits per heavy atom. The molecule has 0 fully saturated rings. The third-order valence-corrected chi connectivity index (χ3v) is 2.36. The lowest BCUT2D eigenvalue weighted by atomic mass is 10.1. The van der Waals surface area contributed by atoms with Gasteiger partial charge in [0.1, 0.15) is 0 Å². The van der Waals surface area contributed by atoms with Gasteiger partial charge in [-0.3, -0.25) is 0 Å². The second-order valence-electron chi connectivity index (χ2n) is 3.49. The van der Waals surface area contributed by atoms with Crippen LogP contribution < -0.4 is 5.32 Å². The first-order chi connectivity index (χ1) is 7.80. The minimum Gasteiger partial charge on any atom is -0.388 e. The molecule has 0 amide bonds. The molecule has 0 saturated heterocycles. The molecule has 84 valence electrons. The first-order valence-corrected chi connectivity index (χ1v) is 5.55. The standard InChI is InChI=1S/C15H19N/c1-4-6-13(5-2)7-8-14-9-11-15(16-3)12-10-14/h4-12,16H,1-3H3/b6-4-,8-7+,13-5+. The smallest absolute Gasteiger partial charge is 0.0337 e. The van der Waals surface area contributed by atoms with Crippen molar-refractivity contribution in [1.82, 2.24) is 0 Å². The van der Waals surface area contributed by atoms with E-state index in [0.717, 1.165) is 5.69 Å². The number of hydrogen-bond acceptors (Lipinski definition) is 1. The highest BCUT2D eigenvalue weighted by atomic mass is 14.8. The Hall–Kier alpha value is -1.76. The van der Waals surface area contributed by atoms with Crippen LogP contribution in [-0.2, 0) is 0 Å². The van der Waals surface area contributed by atoms with E-state index in [1.165, 1.54) is 11.1 Å². The predicted molar refractivity (Wildman–Crippen MR) is 73.6 cm³/mol. The molecule has 0 radical (unpaired) electrons. The second kappa shape index (κ2) is 6.67. The molecule has 1 aromatic rings. The van der Waals surface area contributed by atoms with Gasteiger partial charge < -0.3 is 5.32 Å². The Bertz CT molecular complexity index is 394. The molecule has 1 aromatic carbocycles. The molecule has 16 heavy (non-hydrogen) atoms. The molecule has 0 aromatic heterocycles. The number of hydrogen-bond donors (Lipinski definition) is 1. The zero-order chi connectivity index (χ0) is 11.8.